The summed E-state index contributed by atoms with van der Waals surface area (Å²) in [6.45, 7) is 3.99. The van der Waals surface area contributed by atoms with E-state index in [0.717, 1.165) is 31.5 Å². The minimum Gasteiger partial charge on any atom is -0.347 e. The van der Waals surface area contributed by atoms with Crippen LogP contribution >= 0.6 is 0 Å². The number of rotatable bonds is 2. The van der Waals surface area contributed by atoms with E-state index < -0.39 is 0 Å². The molecule has 19 heavy (non-hydrogen) atoms. The van der Waals surface area contributed by atoms with Crippen LogP contribution < -0.4 is 10.6 Å². The number of amides is 1. The average molecular weight is 258 g/mol. The largest absolute Gasteiger partial charge is 0.347 e. The van der Waals surface area contributed by atoms with Gasteiger partial charge in [-0.05, 0) is 43.0 Å². The molecule has 0 bridgehead atoms. The molecule has 2 aliphatic rings. The Morgan fingerprint density at radius 3 is 2.68 bits per heavy atom. The number of carbonyl (C=O) groups excluding carboxylic acids is 1. The number of fused-ring (bicyclic) bond motifs is 1. The second-order valence-corrected chi connectivity index (χ2v) is 6.16. The Labute approximate surface area is 114 Å². The summed E-state index contributed by atoms with van der Waals surface area (Å²) in [6, 6.07) is 6.07. The van der Waals surface area contributed by atoms with Crippen LogP contribution in [0.1, 0.15) is 60.5 Å². The van der Waals surface area contributed by atoms with Crippen molar-refractivity contribution in [1.82, 2.24) is 10.6 Å². The first-order chi connectivity index (χ1) is 9.16. The number of hydrogen-bond acceptors (Lipinski definition) is 2. The van der Waals surface area contributed by atoms with Crippen LogP contribution in [-0.2, 0) is 13.1 Å². The first-order valence-corrected chi connectivity index (χ1v) is 7.31. The van der Waals surface area contributed by atoms with Gasteiger partial charge in [-0.2, -0.15) is 0 Å². The number of hydrogen-bond donors (Lipinski definition) is 2. The molecule has 0 saturated heterocycles. The zero-order chi connectivity index (χ0) is 13.3. The topological polar surface area (TPSA) is 41.1 Å². The fraction of sp³-hybridized carbons (Fsp3) is 0.562. The summed E-state index contributed by atoms with van der Waals surface area (Å²) in [7, 11) is 0. The summed E-state index contributed by atoms with van der Waals surface area (Å²) in [4.78, 5) is 12.4. The normalized spacial score (nSPS) is 20.9. The van der Waals surface area contributed by atoms with Crippen LogP contribution in [0.2, 0.25) is 0 Å². The lowest BCUT2D eigenvalue weighted by atomic mass is 9.83. The second kappa shape index (κ2) is 4.97. The summed E-state index contributed by atoms with van der Waals surface area (Å²) in [5.41, 5.74) is 3.38. The van der Waals surface area contributed by atoms with Gasteiger partial charge in [0, 0.05) is 24.2 Å². The van der Waals surface area contributed by atoms with E-state index >= 15 is 0 Å². The van der Waals surface area contributed by atoms with Crippen molar-refractivity contribution in [1.29, 1.82) is 0 Å². The fourth-order valence-corrected chi connectivity index (χ4v) is 3.24. The molecule has 1 aliphatic heterocycles. The maximum atomic E-state index is 12.4. The summed E-state index contributed by atoms with van der Waals surface area (Å²) in [5.74, 6) is 0.0825. The van der Waals surface area contributed by atoms with Crippen molar-refractivity contribution >= 4 is 5.91 Å². The van der Waals surface area contributed by atoms with Crippen LogP contribution in [0, 0.1) is 0 Å². The van der Waals surface area contributed by atoms with Gasteiger partial charge in [0.1, 0.15) is 0 Å². The summed E-state index contributed by atoms with van der Waals surface area (Å²) >= 11 is 0. The van der Waals surface area contributed by atoms with E-state index in [-0.39, 0.29) is 11.4 Å². The van der Waals surface area contributed by atoms with E-state index in [1.807, 2.05) is 12.1 Å². The lowest BCUT2D eigenvalue weighted by molar-refractivity contribution is 0.0882. The molecule has 1 fully saturated rings. The van der Waals surface area contributed by atoms with Gasteiger partial charge < -0.3 is 10.6 Å². The second-order valence-electron chi connectivity index (χ2n) is 6.16. The standard InChI is InChI=1S/C16H22N2O/c1-16(7-3-2-4-8-16)18-15(19)12-5-6-13-10-17-11-14(13)9-12/h5-6,9,17H,2-4,7-8,10-11H2,1H3,(H,18,19). The van der Waals surface area contributed by atoms with Crippen LogP contribution in [-0.4, -0.2) is 11.4 Å². The lowest BCUT2D eigenvalue weighted by Crippen LogP contribution is -2.47. The van der Waals surface area contributed by atoms with Crippen LogP contribution in [0.5, 0.6) is 0 Å². The number of nitrogens with one attached hydrogen (secondary N) is 2. The predicted molar refractivity (Wildman–Crippen MR) is 75.9 cm³/mol. The molecule has 3 rings (SSSR count). The Hall–Kier alpha value is -1.35. The fourth-order valence-electron chi connectivity index (χ4n) is 3.24. The molecule has 1 amide bonds. The molecule has 1 aromatic carbocycles. The van der Waals surface area contributed by atoms with Crippen molar-refractivity contribution in [3.05, 3.63) is 34.9 Å². The van der Waals surface area contributed by atoms with Crippen LogP contribution in [0.4, 0.5) is 0 Å². The van der Waals surface area contributed by atoms with Gasteiger partial charge in [-0.3, -0.25) is 4.79 Å². The van der Waals surface area contributed by atoms with Gasteiger partial charge in [0.15, 0.2) is 0 Å². The first kappa shape index (κ1) is 12.7. The SMILES string of the molecule is CC1(NC(=O)c2ccc3c(c2)CNC3)CCCCC1. The van der Waals surface area contributed by atoms with Crippen molar-refractivity contribution in [2.75, 3.05) is 0 Å². The Balaban J connectivity index is 1.73. The number of carbonyl (C=O) groups is 1. The Bertz CT molecular complexity index is 490. The van der Waals surface area contributed by atoms with Crippen LogP contribution in [0.3, 0.4) is 0 Å². The molecular weight excluding hydrogens is 236 g/mol. The van der Waals surface area contributed by atoms with Gasteiger partial charge >= 0.3 is 0 Å². The Morgan fingerprint density at radius 2 is 1.89 bits per heavy atom. The van der Waals surface area contributed by atoms with Crippen molar-refractivity contribution in [3.63, 3.8) is 0 Å². The highest BCUT2D eigenvalue weighted by molar-refractivity contribution is 5.95. The molecule has 0 unspecified atom stereocenters. The van der Waals surface area contributed by atoms with Gasteiger partial charge in [0.2, 0.25) is 0 Å². The zero-order valence-corrected chi connectivity index (χ0v) is 11.6. The molecule has 0 aromatic heterocycles. The van der Waals surface area contributed by atoms with Crippen molar-refractivity contribution < 1.29 is 4.79 Å². The lowest BCUT2D eigenvalue weighted by Gasteiger charge is -2.34. The maximum Gasteiger partial charge on any atom is 0.251 e. The van der Waals surface area contributed by atoms with Gasteiger partial charge in [0.05, 0.1) is 0 Å². The minimum atomic E-state index is -0.00734. The van der Waals surface area contributed by atoms with Gasteiger partial charge in [-0.1, -0.05) is 25.3 Å². The quantitative estimate of drug-likeness (QED) is 0.856. The van der Waals surface area contributed by atoms with Crippen molar-refractivity contribution in [3.8, 4) is 0 Å². The van der Waals surface area contributed by atoms with Crippen molar-refractivity contribution in [2.45, 2.75) is 57.7 Å². The monoisotopic (exact) mass is 258 g/mol. The zero-order valence-electron chi connectivity index (χ0n) is 11.6. The molecule has 0 spiro atoms. The molecule has 2 N–H and O–H groups in total. The molecule has 1 aromatic rings. The smallest absolute Gasteiger partial charge is 0.251 e. The Kier molecular flexibility index (Phi) is 3.31. The molecule has 3 nitrogen and oxygen atoms in total. The number of benzene rings is 1. The van der Waals surface area contributed by atoms with Gasteiger partial charge in [-0.15, -0.1) is 0 Å². The third kappa shape index (κ3) is 2.66. The highest BCUT2D eigenvalue weighted by Gasteiger charge is 2.28. The molecule has 3 heteroatoms. The Morgan fingerprint density at radius 1 is 1.16 bits per heavy atom. The minimum absolute atomic E-state index is 0.00734. The summed E-state index contributed by atoms with van der Waals surface area (Å²) in [6.07, 6.45) is 5.96. The molecule has 1 heterocycles. The summed E-state index contributed by atoms with van der Waals surface area (Å²) < 4.78 is 0. The maximum absolute atomic E-state index is 12.4. The van der Waals surface area contributed by atoms with E-state index in [0.29, 0.717) is 0 Å². The summed E-state index contributed by atoms with van der Waals surface area (Å²) in [5, 5.41) is 6.55. The van der Waals surface area contributed by atoms with E-state index in [1.165, 1.54) is 30.4 Å². The third-order valence-corrected chi connectivity index (χ3v) is 4.47. The molecule has 0 atom stereocenters. The van der Waals surface area contributed by atoms with E-state index in [2.05, 4.69) is 23.6 Å². The first-order valence-electron chi connectivity index (χ1n) is 7.31. The van der Waals surface area contributed by atoms with Gasteiger partial charge in [0.25, 0.3) is 5.91 Å². The van der Waals surface area contributed by atoms with Crippen LogP contribution in [0.25, 0.3) is 0 Å². The van der Waals surface area contributed by atoms with Crippen molar-refractivity contribution in [2.24, 2.45) is 0 Å². The van der Waals surface area contributed by atoms with Crippen LogP contribution in [0.15, 0.2) is 18.2 Å². The molecule has 1 saturated carbocycles. The molecular formula is C16H22N2O. The average Bonchev–Trinajstić information content (AvgIpc) is 2.86. The van der Waals surface area contributed by atoms with Gasteiger partial charge in [-0.25, -0.2) is 0 Å². The van der Waals surface area contributed by atoms with E-state index in [4.69, 9.17) is 0 Å². The third-order valence-electron chi connectivity index (χ3n) is 4.47. The molecule has 102 valence electrons. The highest BCUT2D eigenvalue weighted by Crippen LogP contribution is 2.28. The molecule has 1 aliphatic carbocycles. The molecule has 0 radical (unpaired) electrons. The van der Waals surface area contributed by atoms with E-state index in [1.54, 1.807) is 0 Å². The predicted octanol–water partition coefficient (Wildman–Crippen LogP) is 2.74. The van der Waals surface area contributed by atoms with E-state index in [9.17, 15) is 4.79 Å². The highest BCUT2D eigenvalue weighted by atomic mass is 16.1.